The molecule has 0 saturated heterocycles. The predicted octanol–water partition coefficient (Wildman–Crippen LogP) is 1.77. The molecule has 2 aromatic rings. The Morgan fingerprint density at radius 2 is 2.47 bits per heavy atom. The number of thiophene rings is 1. The van der Waals surface area contributed by atoms with Crippen molar-refractivity contribution in [3.63, 3.8) is 0 Å². The van der Waals surface area contributed by atoms with Crippen molar-refractivity contribution in [1.29, 1.82) is 0 Å². The SMILES string of the molecule is Cc1noc(CCNCc2ccsc2)n1. The maximum atomic E-state index is 5.00. The van der Waals surface area contributed by atoms with Crippen molar-refractivity contribution in [1.82, 2.24) is 15.5 Å². The monoisotopic (exact) mass is 223 g/mol. The molecule has 0 spiro atoms. The molecule has 5 heteroatoms. The number of hydrogen-bond acceptors (Lipinski definition) is 5. The van der Waals surface area contributed by atoms with Gasteiger partial charge in [-0.15, -0.1) is 0 Å². The number of aromatic nitrogens is 2. The molecule has 0 radical (unpaired) electrons. The highest BCUT2D eigenvalue weighted by molar-refractivity contribution is 7.07. The van der Waals surface area contributed by atoms with Gasteiger partial charge in [0.1, 0.15) is 0 Å². The summed E-state index contributed by atoms with van der Waals surface area (Å²) >= 11 is 1.72. The molecule has 2 aromatic heterocycles. The molecule has 15 heavy (non-hydrogen) atoms. The smallest absolute Gasteiger partial charge is 0.227 e. The molecule has 0 aromatic carbocycles. The summed E-state index contributed by atoms with van der Waals surface area (Å²) < 4.78 is 5.00. The second-order valence-electron chi connectivity index (χ2n) is 3.29. The maximum absolute atomic E-state index is 5.00. The molecular weight excluding hydrogens is 210 g/mol. The predicted molar refractivity (Wildman–Crippen MR) is 58.8 cm³/mol. The van der Waals surface area contributed by atoms with Crippen LogP contribution < -0.4 is 5.32 Å². The first-order valence-corrected chi connectivity index (χ1v) is 5.80. The minimum Gasteiger partial charge on any atom is -0.339 e. The molecule has 0 unspecified atom stereocenters. The standard InChI is InChI=1S/C10H13N3OS/c1-8-12-10(14-13-8)2-4-11-6-9-3-5-15-7-9/h3,5,7,11H,2,4,6H2,1H3. The maximum Gasteiger partial charge on any atom is 0.227 e. The van der Waals surface area contributed by atoms with Gasteiger partial charge in [0.25, 0.3) is 0 Å². The zero-order valence-corrected chi connectivity index (χ0v) is 9.38. The third-order valence-electron chi connectivity index (χ3n) is 1.99. The van der Waals surface area contributed by atoms with Crippen molar-refractivity contribution < 1.29 is 4.52 Å². The molecule has 1 N–H and O–H groups in total. The minimum absolute atomic E-state index is 0.697. The molecule has 0 aliphatic rings. The minimum atomic E-state index is 0.697. The van der Waals surface area contributed by atoms with E-state index in [0.29, 0.717) is 11.7 Å². The van der Waals surface area contributed by atoms with Crippen LogP contribution in [0.2, 0.25) is 0 Å². The number of rotatable bonds is 5. The molecule has 80 valence electrons. The second kappa shape index (κ2) is 5.04. The van der Waals surface area contributed by atoms with Crippen molar-refractivity contribution in [2.45, 2.75) is 19.9 Å². The van der Waals surface area contributed by atoms with Crippen LogP contribution in [0.5, 0.6) is 0 Å². The summed E-state index contributed by atoms with van der Waals surface area (Å²) in [5.74, 6) is 1.40. The first kappa shape index (κ1) is 10.3. The van der Waals surface area contributed by atoms with E-state index in [1.54, 1.807) is 11.3 Å². The van der Waals surface area contributed by atoms with E-state index >= 15 is 0 Å². The first-order chi connectivity index (χ1) is 7.34. The fourth-order valence-electron chi connectivity index (χ4n) is 1.26. The van der Waals surface area contributed by atoms with Crippen LogP contribution in [0.1, 0.15) is 17.3 Å². The van der Waals surface area contributed by atoms with Crippen LogP contribution in [0.3, 0.4) is 0 Å². The molecular formula is C10H13N3OS. The summed E-state index contributed by atoms with van der Waals surface area (Å²) in [7, 11) is 0. The third kappa shape index (κ3) is 3.14. The van der Waals surface area contributed by atoms with E-state index in [1.165, 1.54) is 5.56 Å². The van der Waals surface area contributed by atoms with E-state index in [0.717, 1.165) is 19.5 Å². The van der Waals surface area contributed by atoms with Crippen LogP contribution in [0.25, 0.3) is 0 Å². The van der Waals surface area contributed by atoms with Gasteiger partial charge in [-0.05, 0) is 29.3 Å². The Morgan fingerprint density at radius 3 is 3.13 bits per heavy atom. The van der Waals surface area contributed by atoms with Crippen molar-refractivity contribution in [2.75, 3.05) is 6.54 Å². The van der Waals surface area contributed by atoms with Crippen molar-refractivity contribution in [3.05, 3.63) is 34.1 Å². The van der Waals surface area contributed by atoms with Gasteiger partial charge in [0.2, 0.25) is 5.89 Å². The second-order valence-corrected chi connectivity index (χ2v) is 4.07. The van der Waals surface area contributed by atoms with Gasteiger partial charge in [-0.1, -0.05) is 5.16 Å². The van der Waals surface area contributed by atoms with Gasteiger partial charge in [-0.3, -0.25) is 0 Å². The molecule has 0 saturated carbocycles. The average molecular weight is 223 g/mol. The first-order valence-electron chi connectivity index (χ1n) is 4.85. The van der Waals surface area contributed by atoms with Crippen LogP contribution in [0.15, 0.2) is 21.3 Å². The van der Waals surface area contributed by atoms with E-state index in [4.69, 9.17) is 4.52 Å². The van der Waals surface area contributed by atoms with E-state index in [2.05, 4.69) is 32.3 Å². The fraction of sp³-hybridized carbons (Fsp3) is 0.400. The molecule has 0 aliphatic carbocycles. The summed E-state index contributed by atoms with van der Waals surface area (Å²) in [4.78, 5) is 4.13. The Kier molecular flexibility index (Phi) is 3.47. The van der Waals surface area contributed by atoms with Crippen molar-refractivity contribution in [3.8, 4) is 0 Å². The van der Waals surface area contributed by atoms with E-state index in [9.17, 15) is 0 Å². The number of nitrogens with zero attached hydrogens (tertiary/aromatic N) is 2. The van der Waals surface area contributed by atoms with Crippen LogP contribution >= 0.6 is 11.3 Å². The van der Waals surface area contributed by atoms with Gasteiger partial charge in [-0.2, -0.15) is 16.3 Å². The summed E-state index contributed by atoms with van der Waals surface area (Å²) in [6.07, 6.45) is 0.783. The van der Waals surface area contributed by atoms with Gasteiger partial charge < -0.3 is 9.84 Å². The highest BCUT2D eigenvalue weighted by atomic mass is 32.1. The Bertz CT molecular complexity index is 396. The topological polar surface area (TPSA) is 51.0 Å². The molecule has 0 fully saturated rings. The summed E-state index contributed by atoms with van der Waals surface area (Å²) in [5, 5.41) is 11.3. The lowest BCUT2D eigenvalue weighted by Crippen LogP contribution is -2.16. The number of aryl methyl sites for hydroxylation is 1. The van der Waals surface area contributed by atoms with Gasteiger partial charge in [0, 0.05) is 19.5 Å². The Morgan fingerprint density at radius 1 is 1.53 bits per heavy atom. The van der Waals surface area contributed by atoms with E-state index in [-0.39, 0.29) is 0 Å². The fourth-order valence-corrected chi connectivity index (χ4v) is 1.93. The summed E-state index contributed by atoms with van der Waals surface area (Å²) in [6, 6.07) is 2.12. The Labute approximate surface area is 92.3 Å². The molecule has 0 aliphatic heterocycles. The normalized spacial score (nSPS) is 10.7. The average Bonchev–Trinajstić information content (AvgIpc) is 2.84. The lowest BCUT2D eigenvalue weighted by Gasteiger charge is -1.99. The van der Waals surface area contributed by atoms with Crippen molar-refractivity contribution >= 4 is 11.3 Å². The zero-order chi connectivity index (χ0) is 10.5. The molecule has 4 nitrogen and oxygen atoms in total. The van der Waals surface area contributed by atoms with Gasteiger partial charge in [0.15, 0.2) is 5.82 Å². The summed E-state index contributed by atoms with van der Waals surface area (Å²) in [6.45, 7) is 3.58. The summed E-state index contributed by atoms with van der Waals surface area (Å²) in [5.41, 5.74) is 1.32. The molecule has 0 atom stereocenters. The van der Waals surface area contributed by atoms with Gasteiger partial charge in [0.05, 0.1) is 0 Å². The van der Waals surface area contributed by atoms with Crippen LogP contribution in [0.4, 0.5) is 0 Å². The molecule has 2 rings (SSSR count). The Hall–Kier alpha value is -1.20. The lowest BCUT2D eigenvalue weighted by atomic mass is 10.3. The van der Waals surface area contributed by atoms with E-state index < -0.39 is 0 Å². The van der Waals surface area contributed by atoms with E-state index in [1.807, 2.05) is 6.92 Å². The highest BCUT2D eigenvalue weighted by Crippen LogP contribution is 2.04. The van der Waals surface area contributed by atoms with Gasteiger partial charge >= 0.3 is 0 Å². The molecule has 0 bridgehead atoms. The largest absolute Gasteiger partial charge is 0.339 e. The van der Waals surface area contributed by atoms with Gasteiger partial charge in [-0.25, -0.2) is 0 Å². The van der Waals surface area contributed by atoms with Crippen LogP contribution in [-0.2, 0) is 13.0 Å². The van der Waals surface area contributed by atoms with Crippen molar-refractivity contribution in [2.24, 2.45) is 0 Å². The molecule has 0 amide bonds. The lowest BCUT2D eigenvalue weighted by molar-refractivity contribution is 0.372. The Balaban J connectivity index is 1.67. The zero-order valence-electron chi connectivity index (χ0n) is 8.56. The third-order valence-corrected chi connectivity index (χ3v) is 2.73. The van der Waals surface area contributed by atoms with Crippen LogP contribution in [0, 0.1) is 6.92 Å². The quantitative estimate of drug-likeness (QED) is 0.785. The number of nitrogens with one attached hydrogen (secondary N) is 1. The number of hydrogen-bond donors (Lipinski definition) is 1. The molecule has 2 heterocycles. The highest BCUT2D eigenvalue weighted by Gasteiger charge is 2.01. The van der Waals surface area contributed by atoms with Crippen LogP contribution in [-0.4, -0.2) is 16.7 Å².